The van der Waals surface area contributed by atoms with E-state index in [1.54, 1.807) is 4.90 Å². The van der Waals surface area contributed by atoms with Gasteiger partial charge in [-0.05, 0) is 43.0 Å². The van der Waals surface area contributed by atoms with E-state index in [2.05, 4.69) is 10.6 Å². The lowest BCUT2D eigenvalue weighted by Gasteiger charge is -2.39. The Morgan fingerprint density at radius 3 is 2.76 bits per heavy atom. The molecule has 2 aromatic carbocycles. The van der Waals surface area contributed by atoms with Gasteiger partial charge in [-0.15, -0.1) is 0 Å². The van der Waals surface area contributed by atoms with Crippen LogP contribution in [-0.2, 0) is 10.2 Å². The Morgan fingerprint density at radius 1 is 1.16 bits per heavy atom. The Balaban J connectivity index is 1.58. The largest absolute Gasteiger partial charge is 0.325 e. The van der Waals surface area contributed by atoms with Crippen LogP contribution in [0.3, 0.4) is 0 Å². The Labute approximate surface area is 147 Å². The maximum atomic E-state index is 12.8. The summed E-state index contributed by atoms with van der Waals surface area (Å²) in [6, 6.07) is 15.4. The van der Waals surface area contributed by atoms with Crippen LogP contribution in [-0.4, -0.2) is 29.9 Å². The monoisotopic (exact) mass is 335 g/mol. The second-order valence-electron chi connectivity index (χ2n) is 6.85. The zero-order valence-electron chi connectivity index (χ0n) is 14.2. The average Bonchev–Trinajstić information content (AvgIpc) is 2.89. The van der Waals surface area contributed by atoms with Crippen molar-refractivity contribution in [3.8, 4) is 0 Å². The van der Waals surface area contributed by atoms with Gasteiger partial charge in [0, 0.05) is 24.5 Å². The molecule has 128 valence electrons. The molecule has 0 saturated carbocycles. The molecule has 0 radical (unpaired) electrons. The standard InChI is InChI=1S/C20H21N3O2/c1-14-7-2-4-9-16(14)22-19(25)23-12-6-11-20(13-23)15-8-3-5-10-17(15)21-18(20)24/h2-5,7-10H,6,11-13H2,1H3,(H,21,24)(H,22,25)/t20-/m1/s1. The van der Waals surface area contributed by atoms with Crippen LogP contribution in [0, 0.1) is 6.92 Å². The van der Waals surface area contributed by atoms with Crippen molar-refractivity contribution >= 4 is 23.3 Å². The van der Waals surface area contributed by atoms with Gasteiger partial charge in [0.25, 0.3) is 0 Å². The molecule has 4 rings (SSSR count). The third-order valence-electron chi connectivity index (χ3n) is 5.29. The number of likely N-dealkylation sites (tertiary alicyclic amines) is 1. The van der Waals surface area contributed by atoms with Crippen molar-refractivity contribution < 1.29 is 9.59 Å². The summed E-state index contributed by atoms with van der Waals surface area (Å²) in [7, 11) is 0. The Bertz CT molecular complexity index is 848. The van der Waals surface area contributed by atoms with Crippen LogP contribution in [0.4, 0.5) is 16.2 Å². The van der Waals surface area contributed by atoms with Crippen LogP contribution < -0.4 is 10.6 Å². The van der Waals surface area contributed by atoms with Crippen molar-refractivity contribution in [3.05, 3.63) is 59.7 Å². The second kappa shape index (κ2) is 5.92. The summed E-state index contributed by atoms with van der Waals surface area (Å²) >= 11 is 0. The molecule has 0 aliphatic carbocycles. The van der Waals surface area contributed by atoms with Gasteiger partial charge in [-0.2, -0.15) is 0 Å². The number of para-hydroxylation sites is 2. The van der Waals surface area contributed by atoms with Crippen molar-refractivity contribution in [1.29, 1.82) is 0 Å². The first-order valence-corrected chi connectivity index (χ1v) is 8.63. The first-order valence-electron chi connectivity index (χ1n) is 8.63. The number of nitrogens with one attached hydrogen (secondary N) is 2. The molecule has 2 aliphatic heterocycles. The summed E-state index contributed by atoms with van der Waals surface area (Å²) in [6.07, 6.45) is 1.58. The number of amides is 3. The van der Waals surface area contributed by atoms with E-state index in [9.17, 15) is 9.59 Å². The Morgan fingerprint density at radius 2 is 1.92 bits per heavy atom. The van der Waals surface area contributed by atoms with Gasteiger partial charge in [-0.3, -0.25) is 4.79 Å². The number of anilines is 2. The van der Waals surface area contributed by atoms with E-state index in [1.807, 2.05) is 55.5 Å². The minimum Gasteiger partial charge on any atom is -0.325 e. The van der Waals surface area contributed by atoms with E-state index in [0.717, 1.165) is 35.3 Å². The molecule has 1 fully saturated rings. The van der Waals surface area contributed by atoms with Gasteiger partial charge < -0.3 is 15.5 Å². The van der Waals surface area contributed by atoms with Crippen LogP contribution >= 0.6 is 0 Å². The van der Waals surface area contributed by atoms with Gasteiger partial charge in [-0.1, -0.05) is 36.4 Å². The molecule has 0 bridgehead atoms. The first kappa shape index (κ1) is 15.7. The van der Waals surface area contributed by atoms with Gasteiger partial charge in [-0.25, -0.2) is 4.79 Å². The van der Waals surface area contributed by atoms with E-state index < -0.39 is 5.41 Å². The minimum atomic E-state index is -0.627. The van der Waals surface area contributed by atoms with Crippen LogP contribution in [0.1, 0.15) is 24.0 Å². The molecule has 3 amide bonds. The molecular formula is C20H21N3O2. The molecule has 1 saturated heterocycles. The van der Waals surface area contributed by atoms with Crippen LogP contribution in [0.15, 0.2) is 48.5 Å². The van der Waals surface area contributed by atoms with E-state index >= 15 is 0 Å². The second-order valence-corrected chi connectivity index (χ2v) is 6.85. The number of carbonyl (C=O) groups excluding carboxylic acids is 2. The number of rotatable bonds is 1. The first-order chi connectivity index (χ1) is 12.1. The molecule has 2 N–H and O–H groups in total. The fourth-order valence-corrected chi connectivity index (χ4v) is 3.92. The molecule has 2 heterocycles. The fourth-order valence-electron chi connectivity index (χ4n) is 3.92. The fraction of sp³-hybridized carbons (Fsp3) is 0.300. The number of hydrogen-bond donors (Lipinski definition) is 2. The lowest BCUT2D eigenvalue weighted by atomic mass is 9.75. The quantitative estimate of drug-likeness (QED) is 0.838. The van der Waals surface area contributed by atoms with Crippen molar-refractivity contribution in [1.82, 2.24) is 4.90 Å². The minimum absolute atomic E-state index is 0.00194. The Hall–Kier alpha value is -2.82. The van der Waals surface area contributed by atoms with Crippen molar-refractivity contribution in [2.24, 2.45) is 0 Å². The van der Waals surface area contributed by atoms with E-state index in [-0.39, 0.29) is 11.9 Å². The molecule has 1 spiro atoms. The van der Waals surface area contributed by atoms with Gasteiger partial charge in [0.15, 0.2) is 0 Å². The highest BCUT2D eigenvalue weighted by Crippen LogP contribution is 2.43. The average molecular weight is 335 g/mol. The van der Waals surface area contributed by atoms with Crippen molar-refractivity contribution in [3.63, 3.8) is 0 Å². The van der Waals surface area contributed by atoms with Crippen LogP contribution in [0.5, 0.6) is 0 Å². The van der Waals surface area contributed by atoms with Crippen LogP contribution in [0.25, 0.3) is 0 Å². The lowest BCUT2D eigenvalue weighted by Crippen LogP contribution is -2.52. The van der Waals surface area contributed by atoms with Gasteiger partial charge in [0.05, 0.1) is 5.41 Å². The normalized spacial score (nSPS) is 21.8. The predicted octanol–water partition coefficient (Wildman–Crippen LogP) is 3.51. The van der Waals surface area contributed by atoms with Gasteiger partial charge >= 0.3 is 6.03 Å². The SMILES string of the molecule is Cc1ccccc1NC(=O)N1CCC[C@]2(C1)C(=O)Nc1ccccc12. The molecule has 0 aromatic heterocycles. The smallest absolute Gasteiger partial charge is 0.321 e. The molecule has 2 aliphatic rings. The van der Waals surface area contributed by atoms with Gasteiger partial charge in [0.2, 0.25) is 5.91 Å². The summed E-state index contributed by atoms with van der Waals surface area (Å²) in [5.74, 6) is 0.00194. The third kappa shape index (κ3) is 2.56. The number of urea groups is 1. The predicted molar refractivity (Wildman–Crippen MR) is 97.8 cm³/mol. The summed E-state index contributed by atoms with van der Waals surface area (Å²) < 4.78 is 0. The van der Waals surface area contributed by atoms with Crippen molar-refractivity contribution in [2.45, 2.75) is 25.2 Å². The number of fused-ring (bicyclic) bond motifs is 2. The summed E-state index contributed by atoms with van der Waals surface area (Å²) in [5, 5.41) is 5.96. The topological polar surface area (TPSA) is 61.4 Å². The lowest BCUT2D eigenvalue weighted by molar-refractivity contribution is -0.122. The van der Waals surface area contributed by atoms with Crippen LogP contribution in [0.2, 0.25) is 0 Å². The highest BCUT2D eigenvalue weighted by molar-refractivity contribution is 6.07. The molecule has 5 heteroatoms. The zero-order chi connectivity index (χ0) is 17.4. The molecule has 2 aromatic rings. The van der Waals surface area contributed by atoms with Crippen molar-refractivity contribution in [2.75, 3.05) is 23.7 Å². The number of aryl methyl sites for hydroxylation is 1. The number of hydrogen-bond acceptors (Lipinski definition) is 2. The zero-order valence-corrected chi connectivity index (χ0v) is 14.2. The third-order valence-corrected chi connectivity index (χ3v) is 5.29. The molecular weight excluding hydrogens is 314 g/mol. The maximum absolute atomic E-state index is 12.8. The molecule has 1 atom stereocenters. The van der Waals surface area contributed by atoms with Gasteiger partial charge in [0.1, 0.15) is 0 Å². The highest BCUT2D eigenvalue weighted by Gasteiger charge is 2.49. The summed E-state index contributed by atoms with van der Waals surface area (Å²) in [4.78, 5) is 27.2. The number of piperidine rings is 1. The summed E-state index contributed by atoms with van der Waals surface area (Å²) in [6.45, 7) is 3.04. The molecule has 25 heavy (non-hydrogen) atoms. The Kier molecular flexibility index (Phi) is 3.71. The number of carbonyl (C=O) groups is 2. The number of benzene rings is 2. The van der Waals surface area contributed by atoms with E-state index in [1.165, 1.54) is 0 Å². The maximum Gasteiger partial charge on any atom is 0.321 e. The highest BCUT2D eigenvalue weighted by atomic mass is 16.2. The molecule has 0 unspecified atom stereocenters. The van der Waals surface area contributed by atoms with E-state index in [4.69, 9.17) is 0 Å². The number of nitrogens with zero attached hydrogens (tertiary/aromatic N) is 1. The summed E-state index contributed by atoms with van der Waals surface area (Å²) in [5.41, 5.74) is 3.08. The van der Waals surface area contributed by atoms with E-state index in [0.29, 0.717) is 13.1 Å². The molecule has 5 nitrogen and oxygen atoms in total.